The lowest BCUT2D eigenvalue weighted by molar-refractivity contribution is 0.0141. The van der Waals surface area contributed by atoms with E-state index in [1.807, 2.05) is 32.8 Å². The minimum atomic E-state index is -0.900. The second kappa shape index (κ2) is 5.02. The topological polar surface area (TPSA) is 32.7 Å². The SMILES string of the molecule is COc1ccc(C(O)C(C)(C)N(C)C)c(F)c1. The number of likely N-dealkylation sites (N-methyl/N-ethyl adjacent to an activating group) is 1. The highest BCUT2D eigenvalue weighted by Crippen LogP contribution is 2.32. The number of aliphatic hydroxyl groups excluding tert-OH is 1. The summed E-state index contributed by atoms with van der Waals surface area (Å²) in [5.41, 5.74) is -0.264. The van der Waals surface area contributed by atoms with Gasteiger partial charge in [-0.1, -0.05) is 0 Å². The van der Waals surface area contributed by atoms with E-state index in [9.17, 15) is 9.50 Å². The molecular weight excluding hydrogens is 221 g/mol. The molecular formula is C13H20FNO2. The number of aliphatic hydroxyl groups is 1. The summed E-state index contributed by atoms with van der Waals surface area (Å²) < 4.78 is 18.8. The monoisotopic (exact) mass is 241 g/mol. The number of hydrogen-bond acceptors (Lipinski definition) is 3. The molecule has 0 bridgehead atoms. The molecule has 3 nitrogen and oxygen atoms in total. The van der Waals surface area contributed by atoms with Crippen molar-refractivity contribution in [1.82, 2.24) is 4.90 Å². The summed E-state index contributed by atoms with van der Waals surface area (Å²) in [6.07, 6.45) is -0.900. The average molecular weight is 241 g/mol. The van der Waals surface area contributed by atoms with Crippen molar-refractivity contribution in [3.63, 3.8) is 0 Å². The van der Waals surface area contributed by atoms with Gasteiger partial charge in [0.05, 0.1) is 13.2 Å². The van der Waals surface area contributed by atoms with Gasteiger partial charge in [0.25, 0.3) is 0 Å². The third-order valence-electron chi connectivity index (χ3n) is 3.32. The van der Waals surface area contributed by atoms with Crippen LogP contribution < -0.4 is 4.74 Å². The zero-order valence-electron chi connectivity index (χ0n) is 11.0. The zero-order valence-corrected chi connectivity index (χ0v) is 11.0. The molecule has 0 aliphatic heterocycles. The van der Waals surface area contributed by atoms with Gasteiger partial charge in [-0.2, -0.15) is 0 Å². The highest BCUT2D eigenvalue weighted by Gasteiger charge is 2.32. The smallest absolute Gasteiger partial charge is 0.132 e. The Morgan fingerprint density at radius 1 is 1.35 bits per heavy atom. The average Bonchev–Trinajstić information content (AvgIpc) is 2.27. The summed E-state index contributed by atoms with van der Waals surface area (Å²) in [6, 6.07) is 4.49. The van der Waals surface area contributed by atoms with Crippen LogP contribution in [0.2, 0.25) is 0 Å². The van der Waals surface area contributed by atoms with Crippen LogP contribution in [-0.2, 0) is 0 Å². The van der Waals surface area contributed by atoms with E-state index >= 15 is 0 Å². The Morgan fingerprint density at radius 3 is 2.35 bits per heavy atom. The summed E-state index contributed by atoms with van der Waals surface area (Å²) in [4.78, 5) is 1.86. The Labute approximate surface area is 102 Å². The Balaban J connectivity index is 3.08. The van der Waals surface area contributed by atoms with Crippen molar-refractivity contribution in [3.8, 4) is 5.75 Å². The third kappa shape index (κ3) is 2.76. The van der Waals surface area contributed by atoms with Crippen LogP contribution in [-0.4, -0.2) is 36.8 Å². The molecule has 0 aromatic heterocycles. The first-order valence-electron chi connectivity index (χ1n) is 5.49. The maximum Gasteiger partial charge on any atom is 0.132 e. The molecule has 1 atom stereocenters. The Morgan fingerprint density at radius 2 is 1.94 bits per heavy atom. The largest absolute Gasteiger partial charge is 0.497 e. The molecule has 17 heavy (non-hydrogen) atoms. The molecule has 0 amide bonds. The van der Waals surface area contributed by atoms with Gasteiger partial charge in [0.2, 0.25) is 0 Å². The van der Waals surface area contributed by atoms with E-state index in [1.54, 1.807) is 12.1 Å². The third-order valence-corrected chi connectivity index (χ3v) is 3.32. The lowest BCUT2D eigenvalue weighted by Crippen LogP contribution is -2.44. The maximum atomic E-state index is 13.8. The molecule has 0 fully saturated rings. The predicted octanol–water partition coefficient (Wildman–Crippen LogP) is 2.21. The molecule has 1 unspecified atom stereocenters. The quantitative estimate of drug-likeness (QED) is 0.877. The molecule has 96 valence electrons. The minimum absolute atomic E-state index is 0.282. The number of rotatable bonds is 4. The van der Waals surface area contributed by atoms with Gasteiger partial charge in [0, 0.05) is 17.2 Å². The molecule has 0 heterocycles. The molecule has 1 rings (SSSR count). The normalized spacial score (nSPS) is 13.9. The van der Waals surface area contributed by atoms with Gasteiger partial charge in [0.15, 0.2) is 0 Å². The molecule has 0 spiro atoms. The van der Waals surface area contributed by atoms with Gasteiger partial charge >= 0.3 is 0 Å². The van der Waals surface area contributed by atoms with Crippen LogP contribution in [0.5, 0.6) is 5.75 Å². The Kier molecular flexibility index (Phi) is 4.11. The summed E-state index contributed by atoms with van der Waals surface area (Å²) in [6.45, 7) is 3.72. The number of methoxy groups -OCH3 is 1. The van der Waals surface area contributed by atoms with Crippen molar-refractivity contribution in [1.29, 1.82) is 0 Å². The van der Waals surface area contributed by atoms with Gasteiger partial charge in [-0.25, -0.2) is 4.39 Å². The van der Waals surface area contributed by atoms with E-state index in [4.69, 9.17) is 4.74 Å². The number of nitrogens with zero attached hydrogens (tertiary/aromatic N) is 1. The van der Waals surface area contributed by atoms with Crippen LogP contribution in [0.25, 0.3) is 0 Å². The van der Waals surface area contributed by atoms with Gasteiger partial charge in [-0.15, -0.1) is 0 Å². The van der Waals surface area contributed by atoms with Crippen molar-refractivity contribution in [2.75, 3.05) is 21.2 Å². The fourth-order valence-electron chi connectivity index (χ4n) is 1.48. The van der Waals surface area contributed by atoms with Crippen molar-refractivity contribution in [2.45, 2.75) is 25.5 Å². The van der Waals surface area contributed by atoms with Gasteiger partial charge in [0.1, 0.15) is 11.6 Å². The number of ether oxygens (including phenoxy) is 1. The van der Waals surface area contributed by atoms with Gasteiger partial charge < -0.3 is 14.7 Å². The number of benzene rings is 1. The summed E-state index contributed by atoms with van der Waals surface area (Å²) in [5.74, 6) is -0.00659. The first-order valence-corrected chi connectivity index (χ1v) is 5.49. The molecule has 0 saturated heterocycles. The van der Waals surface area contributed by atoms with Crippen molar-refractivity contribution >= 4 is 0 Å². The van der Waals surface area contributed by atoms with E-state index in [0.717, 1.165) is 0 Å². The lowest BCUT2D eigenvalue weighted by Gasteiger charge is -2.37. The van der Waals surface area contributed by atoms with E-state index in [1.165, 1.54) is 13.2 Å². The van der Waals surface area contributed by atoms with Crippen LogP contribution in [0, 0.1) is 5.82 Å². The van der Waals surface area contributed by atoms with E-state index in [0.29, 0.717) is 5.75 Å². The van der Waals surface area contributed by atoms with E-state index < -0.39 is 17.5 Å². The first-order chi connectivity index (χ1) is 7.80. The van der Waals surface area contributed by atoms with Crippen LogP contribution >= 0.6 is 0 Å². The summed E-state index contributed by atoms with van der Waals surface area (Å²) in [7, 11) is 5.18. The lowest BCUT2D eigenvalue weighted by atomic mass is 9.90. The standard InChI is InChI=1S/C13H20FNO2/c1-13(2,15(3)4)12(16)10-7-6-9(17-5)8-11(10)14/h6-8,12,16H,1-5H3. The Bertz CT molecular complexity index is 391. The van der Waals surface area contributed by atoms with Crippen molar-refractivity contribution < 1.29 is 14.2 Å². The van der Waals surface area contributed by atoms with Gasteiger partial charge in [-0.3, -0.25) is 0 Å². The summed E-state index contributed by atoms with van der Waals surface area (Å²) in [5, 5.41) is 10.2. The fraction of sp³-hybridized carbons (Fsp3) is 0.538. The highest BCUT2D eigenvalue weighted by molar-refractivity contribution is 5.31. The molecule has 1 aromatic rings. The molecule has 4 heteroatoms. The summed E-state index contributed by atoms with van der Waals surface area (Å²) >= 11 is 0. The van der Waals surface area contributed by atoms with E-state index in [2.05, 4.69) is 0 Å². The van der Waals surface area contributed by atoms with E-state index in [-0.39, 0.29) is 5.56 Å². The second-order valence-electron chi connectivity index (χ2n) is 4.84. The predicted molar refractivity (Wildman–Crippen MR) is 65.7 cm³/mol. The first kappa shape index (κ1) is 13.9. The molecule has 0 aliphatic rings. The van der Waals surface area contributed by atoms with Crippen LogP contribution in [0.15, 0.2) is 18.2 Å². The molecule has 1 N–H and O–H groups in total. The molecule has 0 aliphatic carbocycles. The molecule has 0 radical (unpaired) electrons. The highest BCUT2D eigenvalue weighted by atomic mass is 19.1. The van der Waals surface area contributed by atoms with Crippen LogP contribution in [0.1, 0.15) is 25.5 Å². The molecule has 0 saturated carbocycles. The second-order valence-corrected chi connectivity index (χ2v) is 4.84. The van der Waals surface area contributed by atoms with Crippen molar-refractivity contribution in [3.05, 3.63) is 29.6 Å². The fourth-order valence-corrected chi connectivity index (χ4v) is 1.48. The number of halogens is 1. The van der Waals surface area contributed by atoms with Crippen LogP contribution in [0.3, 0.4) is 0 Å². The number of hydrogen-bond donors (Lipinski definition) is 1. The minimum Gasteiger partial charge on any atom is -0.497 e. The van der Waals surface area contributed by atoms with Crippen LogP contribution in [0.4, 0.5) is 4.39 Å². The Hall–Kier alpha value is -1.13. The van der Waals surface area contributed by atoms with Gasteiger partial charge in [-0.05, 0) is 40.1 Å². The zero-order chi connectivity index (χ0) is 13.2. The van der Waals surface area contributed by atoms with Crippen molar-refractivity contribution in [2.24, 2.45) is 0 Å². The maximum absolute atomic E-state index is 13.8. The molecule has 1 aromatic carbocycles.